The molecule has 0 aromatic carbocycles. The van der Waals surface area contributed by atoms with Crippen LogP contribution in [0.4, 0.5) is 0 Å². The minimum absolute atomic E-state index is 0.206. The van der Waals surface area contributed by atoms with Crippen molar-refractivity contribution in [1.82, 2.24) is 0 Å². The van der Waals surface area contributed by atoms with Gasteiger partial charge in [-0.15, -0.1) is 0 Å². The summed E-state index contributed by atoms with van der Waals surface area (Å²) in [4.78, 5) is 0. The van der Waals surface area contributed by atoms with Crippen molar-refractivity contribution in [2.24, 2.45) is 34.5 Å². The van der Waals surface area contributed by atoms with Gasteiger partial charge in [0, 0.05) is 0 Å². The van der Waals surface area contributed by atoms with Crippen molar-refractivity contribution in [3.8, 4) is 0 Å². The molecule has 1 N–H and O–H groups in total. The molecule has 3 saturated carbocycles. The average Bonchev–Trinajstić information content (AvgIpc) is 2.79. The molecule has 0 amide bonds. The third-order valence-corrected chi connectivity index (χ3v) is 6.66. The fourth-order valence-corrected chi connectivity index (χ4v) is 6.05. The Kier molecular flexibility index (Phi) is 2.89. The fourth-order valence-electron chi connectivity index (χ4n) is 6.05. The molecule has 0 spiro atoms. The van der Waals surface area contributed by atoms with Crippen LogP contribution in [0.5, 0.6) is 0 Å². The molecule has 5 atom stereocenters. The summed E-state index contributed by atoms with van der Waals surface area (Å²) < 4.78 is 0. The van der Waals surface area contributed by atoms with Crippen LogP contribution in [-0.2, 0) is 0 Å². The second-order valence-electron chi connectivity index (χ2n) is 7.86. The van der Waals surface area contributed by atoms with Gasteiger partial charge in [-0.2, -0.15) is 0 Å². The molecule has 0 heterocycles. The van der Waals surface area contributed by atoms with Crippen LogP contribution in [0.2, 0.25) is 0 Å². The highest BCUT2D eigenvalue weighted by Crippen LogP contribution is 2.70. The van der Waals surface area contributed by atoms with E-state index in [0.29, 0.717) is 10.8 Å². The number of allylic oxidation sites excluding steroid dienone is 1. The molecule has 0 unspecified atom stereocenters. The molecule has 3 aliphatic rings. The van der Waals surface area contributed by atoms with E-state index in [1.54, 1.807) is 0 Å². The standard InChI is InChI=1S/C17H28O/c1-16(2)9-5-10-17(3)13(6-4-11-18)12-7-8-14(17)15(12)16/h4,6,12-15,18H,5,7-11H2,1-3H3/b6-4-/t12-,13+,14-,15-,17-/m1/s1. The molecule has 3 fully saturated rings. The van der Waals surface area contributed by atoms with E-state index in [0.717, 1.165) is 23.7 Å². The maximum absolute atomic E-state index is 9.09. The Morgan fingerprint density at radius 3 is 2.67 bits per heavy atom. The van der Waals surface area contributed by atoms with Crippen LogP contribution < -0.4 is 0 Å². The lowest BCUT2D eigenvalue weighted by atomic mass is 9.65. The second-order valence-corrected chi connectivity index (χ2v) is 7.86. The molecule has 0 radical (unpaired) electrons. The highest BCUT2D eigenvalue weighted by molar-refractivity contribution is 5.17. The molecule has 3 aliphatic carbocycles. The zero-order valence-electron chi connectivity index (χ0n) is 12.2. The number of aliphatic hydroxyl groups excluding tert-OH is 1. The molecule has 18 heavy (non-hydrogen) atoms. The molecule has 0 aromatic rings. The van der Waals surface area contributed by atoms with Crippen LogP contribution in [0.25, 0.3) is 0 Å². The first-order valence-electron chi connectivity index (χ1n) is 7.78. The van der Waals surface area contributed by atoms with Crippen molar-refractivity contribution in [3.05, 3.63) is 12.2 Å². The lowest BCUT2D eigenvalue weighted by Crippen LogP contribution is -2.32. The molecule has 0 aromatic heterocycles. The SMILES string of the molecule is CC1(C)CCC[C@@]2(C)[C@@H]3CC[C@@H]([C@H]31)[C@@H]2/C=C\CO. The normalized spacial score (nSPS) is 49.8. The van der Waals surface area contributed by atoms with Crippen molar-refractivity contribution in [3.63, 3.8) is 0 Å². The molecule has 4 bridgehead atoms. The molecular weight excluding hydrogens is 220 g/mol. The summed E-state index contributed by atoms with van der Waals surface area (Å²) in [5.41, 5.74) is 1.05. The van der Waals surface area contributed by atoms with Gasteiger partial charge in [0.1, 0.15) is 0 Å². The second kappa shape index (κ2) is 4.10. The van der Waals surface area contributed by atoms with Gasteiger partial charge in [-0.05, 0) is 60.2 Å². The molecule has 102 valence electrons. The molecule has 0 saturated heterocycles. The zero-order chi connectivity index (χ0) is 13.0. The third-order valence-electron chi connectivity index (χ3n) is 6.66. The van der Waals surface area contributed by atoms with Crippen LogP contribution in [0, 0.1) is 34.5 Å². The van der Waals surface area contributed by atoms with Crippen molar-refractivity contribution in [2.75, 3.05) is 6.61 Å². The minimum Gasteiger partial charge on any atom is -0.392 e. The van der Waals surface area contributed by atoms with Crippen LogP contribution in [0.15, 0.2) is 12.2 Å². The Labute approximate surface area is 112 Å². The predicted molar refractivity (Wildman–Crippen MR) is 75.2 cm³/mol. The van der Waals surface area contributed by atoms with E-state index in [4.69, 9.17) is 5.11 Å². The van der Waals surface area contributed by atoms with E-state index >= 15 is 0 Å². The van der Waals surface area contributed by atoms with Gasteiger partial charge < -0.3 is 5.11 Å². The van der Waals surface area contributed by atoms with Gasteiger partial charge in [0.15, 0.2) is 0 Å². The van der Waals surface area contributed by atoms with Gasteiger partial charge in [-0.1, -0.05) is 39.3 Å². The summed E-state index contributed by atoms with van der Waals surface area (Å²) in [5.74, 6) is 3.48. The maximum atomic E-state index is 9.09. The van der Waals surface area contributed by atoms with Crippen LogP contribution >= 0.6 is 0 Å². The Bertz CT molecular complexity index is 357. The van der Waals surface area contributed by atoms with Crippen LogP contribution in [0.3, 0.4) is 0 Å². The van der Waals surface area contributed by atoms with E-state index in [1.807, 2.05) is 6.08 Å². The molecule has 0 aliphatic heterocycles. The average molecular weight is 248 g/mol. The van der Waals surface area contributed by atoms with Crippen LogP contribution in [0.1, 0.15) is 52.9 Å². The predicted octanol–water partition coefficient (Wildman–Crippen LogP) is 4.02. The summed E-state index contributed by atoms with van der Waals surface area (Å²) in [6, 6.07) is 0. The van der Waals surface area contributed by atoms with Gasteiger partial charge in [-0.3, -0.25) is 0 Å². The lowest BCUT2D eigenvalue weighted by molar-refractivity contribution is 0.119. The minimum atomic E-state index is 0.206. The summed E-state index contributed by atoms with van der Waals surface area (Å²) in [7, 11) is 0. The maximum Gasteiger partial charge on any atom is 0.0612 e. The molecule has 1 heteroatoms. The Morgan fingerprint density at radius 1 is 1.17 bits per heavy atom. The van der Waals surface area contributed by atoms with E-state index in [9.17, 15) is 0 Å². The largest absolute Gasteiger partial charge is 0.392 e. The van der Waals surface area contributed by atoms with Crippen molar-refractivity contribution >= 4 is 0 Å². The lowest BCUT2D eigenvalue weighted by Gasteiger charge is -2.40. The Hall–Kier alpha value is -0.300. The molecular formula is C17H28O. The third kappa shape index (κ3) is 1.56. The summed E-state index contributed by atoms with van der Waals surface area (Å²) >= 11 is 0. The molecule has 3 rings (SSSR count). The summed E-state index contributed by atoms with van der Waals surface area (Å²) in [5, 5.41) is 9.09. The van der Waals surface area contributed by atoms with Crippen molar-refractivity contribution in [1.29, 1.82) is 0 Å². The Morgan fingerprint density at radius 2 is 1.94 bits per heavy atom. The summed E-state index contributed by atoms with van der Waals surface area (Å²) in [6.07, 6.45) is 11.4. The van der Waals surface area contributed by atoms with Gasteiger partial charge in [0.25, 0.3) is 0 Å². The Balaban J connectivity index is 1.99. The highest BCUT2D eigenvalue weighted by atomic mass is 16.2. The highest BCUT2D eigenvalue weighted by Gasteiger charge is 2.63. The van der Waals surface area contributed by atoms with Gasteiger partial charge >= 0.3 is 0 Å². The smallest absolute Gasteiger partial charge is 0.0612 e. The quantitative estimate of drug-likeness (QED) is 0.732. The van der Waals surface area contributed by atoms with Crippen molar-refractivity contribution < 1.29 is 5.11 Å². The van der Waals surface area contributed by atoms with Crippen LogP contribution in [-0.4, -0.2) is 11.7 Å². The number of aliphatic hydroxyl groups is 1. The first kappa shape index (κ1) is 12.7. The topological polar surface area (TPSA) is 20.2 Å². The number of hydrogen-bond acceptors (Lipinski definition) is 1. The fraction of sp³-hybridized carbons (Fsp3) is 0.882. The number of hydrogen-bond donors (Lipinski definition) is 1. The monoisotopic (exact) mass is 248 g/mol. The van der Waals surface area contributed by atoms with E-state index in [-0.39, 0.29) is 6.61 Å². The molecule has 1 nitrogen and oxygen atoms in total. The first-order valence-corrected chi connectivity index (χ1v) is 7.78. The van der Waals surface area contributed by atoms with E-state index < -0.39 is 0 Å². The zero-order valence-corrected chi connectivity index (χ0v) is 12.2. The van der Waals surface area contributed by atoms with Gasteiger partial charge in [0.05, 0.1) is 6.61 Å². The van der Waals surface area contributed by atoms with E-state index in [1.165, 1.54) is 32.1 Å². The number of rotatable bonds is 2. The first-order chi connectivity index (χ1) is 8.50. The van der Waals surface area contributed by atoms with Crippen molar-refractivity contribution in [2.45, 2.75) is 52.9 Å². The van der Waals surface area contributed by atoms with Gasteiger partial charge in [-0.25, -0.2) is 0 Å². The summed E-state index contributed by atoms with van der Waals surface area (Å²) in [6.45, 7) is 7.76. The van der Waals surface area contributed by atoms with E-state index in [2.05, 4.69) is 26.8 Å². The van der Waals surface area contributed by atoms with Gasteiger partial charge in [0.2, 0.25) is 0 Å².